The van der Waals surface area contributed by atoms with Crippen molar-refractivity contribution in [3.63, 3.8) is 0 Å². The van der Waals surface area contributed by atoms with Crippen LogP contribution in [0, 0.1) is 0 Å². The quantitative estimate of drug-likeness (QED) is 0.918. The van der Waals surface area contributed by atoms with Crippen LogP contribution in [-0.2, 0) is 6.42 Å². The van der Waals surface area contributed by atoms with E-state index in [1.54, 1.807) is 0 Å². The van der Waals surface area contributed by atoms with Crippen molar-refractivity contribution in [1.82, 2.24) is 15.5 Å². The van der Waals surface area contributed by atoms with Crippen molar-refractivity contribution in [2.45, 2.75) is 38.6 Å². The minimum Gasteiger partial charge on any atom is -0.337 e. The number of fused-ring (bicyclic) bond motifs is 1. The fourth-order valence-electron chi connectivity index (χ4n) is 2.47. The predicted octanol–water partition coefficient (Wildman–Crippen LogP) is 2.82. The molecule has 4 nitrogen and oxygen atoms in total. The van der Waals surface area contributed by atoms with E-state index in [2.05, 4.69) is 53.6 Å². The number of hydrogen-bond acceptors (Lipinski definition) is 4. The summed E-state index contributed by atoms with van der Waals surface area (Å²) in [5.74, 6) is 1.83. The van der Waals surface area contributed by atoms with Gasteiger partial charge < -0.3 is 9.84 Å². The lowest BCUT2D eigenvalue weighted by atomic mass is 9.94. The maximum atomic E-state index is 5.46. The van der Waals surface area contributed by atoms with Crippen LogP contribution in [0.25, 0.3) is 0 Å². The van der Waals surface area contributed by atoms with Gasteiger partial charge in [-0.2, -0.15) is 4.98 Å². The molecule has 1 aromatic carbocycles. The molecular formula is C15H19N3O. The fraction of sp³-hybridized carbons (Fsp3) is 0.467. The molecule has 0 aliphatic carbocycles. The van der Waals surface area contributed by atoms with E-state index in [4.69, 9.17) is 4.52 Å². The molecule has 0 bridgehead atoms. The van der Waals surface area contributed by atoms with Crippen LogP contribution in [0.2, 0.25) is 0 Å². The van der Waals surface area contributed by atoms with Gasteiger partial charge in [0.05, 0.1) is 0 Å². The van der Waals surface area contributed by atoms with Gasteiger partial charge in [-0.1, -0.05) is 43.3 Å². The van der Waals surface area contributed by atoms with Crippen LogP contribution in [0.3, 0.4) is 0 Å². The molecule has 0 fully saturated rings. The largest absolute Gasteiger partial charge is 0.337 e. The normalized spacial score (nSPS) is 20.0. The highest BCUT2D eigenvalue weighted by molar-refractivity contribution is 5.35. The molecule has 19 heavy (non-hydrogen) atoms. The van der Waals surface area contributed by atoms with E-state index < -0.39 is 0 Å². The summed E-state index contributed by atoms with van der Waals surface area (Å²) < 4.78 is 5.46. The molecular weight excluding hydrogens is 238 g/mol. The van der Waals surface area contributed by atoms with Crippen molar-refractivity contribution in [3.05, 3.63) is 47.1 Å². The molecule has 1 aliphatic heterocycles. The minimum absolute atomic E-state index is 0.0373. The maximum Gasteiger partial charge on any atom is 0.248 e. The van der Waals surface area contributed by atoms with Crippen molar-refractivity contribution in [1.29, 1.82) is 0 Å². The lowest BCUT2D eigenvalue weighted by molar-refractivity contribution is 0.338. The van der Waals surface area contributed by atoms with Gasteiger partial charge in [-0.3, -0.25) is 0 Å². The van der Waals surface area contributed by atoms with E-state index in [1.807, 2.05) is 0 Å². The van der Waals surface area contributed by atoms with Crippen molar-refractivity contribution in [2.75, 3.05) is 6.54 Å². The van der Waals surface area contributed by atoms with Crippen LogP contribution in [0.1, 0.15) is 55.1 Å². The third kappa shape index (κ3) is 2.28. The van der Waals surface area contributed by atoms with E-state index in [9.17, 15) is 0 Å². The molecule has 100 valence electrons. The van der Waals surface area contributed by atoms with Crippen molar-refractivity contribution < 1.29 is 4.52 Å². The second-order valence-corrected chi connectivity index (χ2v) is 5.14. The number of aromatic nitrogens is 2. The first-order chi connectivity index (χ1) is 9.29. The topological polar surface area (TPSA) is 51.0 Å². The fourth-order valence-corrected chi connectivity index (χ4v) is 2.47. The molecule has 0 radical (unpaired) electrons. The highest BCUT2D eigenvalue weighted by Gasteiger charge is 2.26. The summed E-state index contributed by atoms with van der Waals surface area (Å²) in [6, 6.07) is 8.49. The Morgan fingerprint density at radius 3 is 3.11 bits per heavy atom. The monoisotopic (exact) mass is 257 g/mol. The van der Waals surface area contributed by atoms with Gasteiger partial charge in [-0.15, -0.1) is 0 Å². The van der Waals surface area contributed by atoms with E-state index in [1.165, 1.54) is 11.1 Å². The van der Waals surface area contributed by atoms with Gasteiger partial charge >= 0.3 is 0 Å². The third-order valence-corrected chi connectivity index (χ3v) is 3.87. The first-order valence-electron chi connectivity index (χ1n) is 6.94. The van der Waals surface area contributed by atoms with E-state index in [0.29, 0.717) is 11.8 Å². The average Bonchev–Trinajstić information content (AvgIpc) is 2.95. The van der Waals surface area contributed by atoms with E-state index in [-0.39, 0.29) is 6.04 Å². The molecule has 0 saturated heterocycles. The zero-order valence-corrected chi connectivity index (χ0v) is 11.4. The molecule has 4 heteroatoms. The SMILES string of the molecule is CCC(C)c1noc(C2NCCc3ccccc32)n1. The molecule has 2 unspecified atom stereocenters. The van der Waals surface area contributed by atoms with Gasteiger partial charge in [0.25, 0.3) is 0 Å². The van der Waals surface area contributed by atoms with Crippen LogP contribution in [0.15, 0.2) is 28.8 Å². The van der Waals surface area contributed by atoms with Gasteiger partial charge in [0, 0.05) is 12.5 Å². The Hall–Kier alpha value is -1.68. The molecule has 1 aliphatic rings. The summed E-state index contributed by atoms with van der Waals surface area (Å²) in [5, 5.41) is 7.57. The zero-order valence-electron chi connectivity index (χ0n) is 11.4. The number of nitrogens with one attached hydrogen (secondary N) is 1. The smallest absolute Gasteiger partial charge is 0.248 e. The number of rotatable bonds is 3. The molecule has 3 rings (SSSR count). The van der Waals surface area contributed by atoms with Crippen LogP contribution in [0.4, 0.5) is 0 Å². The first-order valence-corrected chi connectivity index (χ1v) is 6.94. The summed E-state index contributed by atoms with van der Waals surface area (Å²) >= 11 is 0. The van der Waals surface area contributed by atoms with Crippen LogP contribution < -0.4 is 5.32 Å². The molecule has 1 N–H and O–H groups in total. The van der Waals surface area contributed by atoms with Gasteiger partial charge in [-0.05, 0) is 24.0 Å². The standard InChI is InChI=1S/C15H19N3O/c1-3-10(2)14-17-15(19-18-14)13-12-7-5-4-6-11(12)8-9-16-13/h4-7,10,13,16H,3,8-9H2,1-2H3. The number of nitrogens with zero attached hydrogens (tertiary/aromatic N) is 2. The molecule has 2 aromatic rings. The van der Waals surface area contributed by atoms with Gasteiger partial charge in [0.1, 0.15) is 6.04 Å². The third-order valence-electron chi connectivity index (χ3n) is 3.87. The summed E-state index contributed by atoms with van der Waals surface area (Å²) in [7, 11) is 0. The molecule has 2 heterocycles. The Morgan fingerprint density at radius 1 is 1.42 bits per heavy atom. The predicted molar refractivity (Wildman–Crippen MR) is 73.0 cm³/mol. The van der Waals surface area contributed by atoms with Crippen LogP contribution >= 0.6 is 0 Å². The second kappa shape index (κ2) is 5.13. The Balaban J connectivity index is 1.93. The zero-order chi connectivity index (χ0) is 13.2. The van der Waals surface area contributed by atoms with Crippen molar-refractivity contribution in [2.24, 2.45) is 0 Å². The van der Waals surface area contributed by atoms with E-state index >= 15 is 0 Å². The van der Waals surface area contributed by atoms with E-state index in [0.717, 1.165) is 25.2 Å². The number of hydrogen-bond donors (Lipinski definition) is 1. The second-order valence-electron chi connectivity index (χ2n) is 5.14. The molecule has 0 saturated carbocycles. The van der Waals surface area contributed by atoms with Crippen molar-refractivity contribution in [3.8, 4) is 0 Å². The number of benzene rings is 1. The first kappa shape index (κ1) is 12.4. The Kier molecular flexibility index (Phi) is 3.34. The summed E-state index contributed by atoms with van der Waals surface area (Å²) in [5.41, 5.74) is 2.63. The highest BCUT2D eigenvalue weighted by atomic mass is 16.5. The van der Waals surface area contributed by atoms with Gasteiger partial charge in [-0.25, -0.2) is 0 Å². The minimum atomic E-state index is 0.0373. The average molecular weight is 257 g/mol. The molecule has 0 amide bonds. The molecule has 0 spiro atoms. The molecule has 1 aromatic heterocycles. The van der Waals surface area contributed by atoms with Crippen LogP contribution in [-0.4, -0.2) is 16.7 Å². The summed E-state index contributed by atoms with van der Waals surface area (Å²) in [6.45, 7) is 5.20. The van der Waals surface area contributed by atoms with Crippen molar-refractivity contribution >= 4 is 0 Å². The Bertz CT molecular complexity index is 564. The van der Waals surface area contributed by atoms with Gasteiger partial charge in [0.15, 0.2) is 5.82 Å². The summed E-state index contributed by atoms with van der Waals surface area (Å²) in [6.07, 6.45) is 2.08. The maximum absolute atomic E-state index is 5.46. The van der Waals surface area contributed by atoms with Gasteiger partial charge in [0.2, 0.25) is 5.89 Å². The Morgan fingerprint density at radius 2 is 2.26 bits per heavy atom. The van der Waals surface area contributed by atoms with Crippen LogP contribution in [0.5, 0.6) is 0 Å². The summed E-state index contributed by atoms with van der Waals surface area (Å²) in [4.78, 5) is 4.56. The lowest BCUT2D eigenvalue weighted by Crippen LogP contribution is -2.30. The highest BCUT2D eigenvalue weighted by Crippen LogP contribution is 2.28. The Labute approximate surface area is 113 Å². The lowest BCUT2D eigenvalue weighted by Gasteiger charge is -2.23. The molecule has 2 atom stereocenters.